The third kappa shape index (κ3) is 3.12. The number of aliphatic carboxylic acids is 1. The maximum Gasteiger partial charge on any atom is 0.305 e. The van der Waals surface area contributed by atoms with Crippen LogP contribution in [0.25, 0.3) is 0 Å². The first-order chi connectivity index (χ1) is 10.1. The Balaban J connectivity index is 2.22. The standard InChI is InChI=1S/C16H19NO4/c1-2-3-4-7-11(10-14(18)19)17-15(20)12-8-5-6-9-13(12)16(17)21/h5-6,8-9,11H,2-4,7,10H2,1H3,(H,18,19)/t11-/m1/s1. The fourth-order valence-corrected chi connectivity index (χ4v) is 2.69. The molecular weight excluding hydrogens is 270 g/mol. The maximum atomic E-state index is 12.4. The van der Waals surface area contributed by atoms with E-state index in [1.807, 2.05) is 6.92 Å². The molecule has 1 aromatic rings. The van der Waals surface area contributed by atoms with Crippen molar-refractivity contribution in [2.24, 2.45) is 0 Å². The highest BCUT2D eigenvalue weighted by Gasteiger charge is 2.40. The third-order valence-corrected chi connectivity index (χ3v) is 3.74. The molecule has 5 nitrogen and oxygen atoms in total. The molecule has 0 saturated carbocycles. The van der Waals surface area contributed by atoms with Crippen molar-refractivity contribution >= 4 is 17.8 Å². The molecule has 0 radical (unpaired) electrons. The van der Waals surface area contributed by atoms with Crippen LogP contribution in [0, 0.1) is 0 Å². The minimum atomic E-state index is -0.993. The number of carboxylic acids is 1. The summed E-state index contributed by atoms with van der Waals surface area (Å²) < 4.78 is 0. The average Bonchev–Trinajstić information content (AvgIpc) is 2.70. The molecule has 0 aromatic heterocycles. The predicted molar refractivity (Wildman–Crippen MR) is 77.1 cm³/mol. The van der Waals surface area contributed by atoms with Crippen molar-refractivity contribution in [1.82, 2.24) is 4.90 Å². The van der Waals surface area contributed by atoms with Gasteiger partial charge in [-0.3, -0.25) is 19.3 Å². The molecule has 2 amide bonds. The first-order valence-corrected chi connectivity index (χ1v) is 7.25. The Hall–Kier alpha value is -2.17. The van der Waals surface area contributed by atoms with Crippen LogP contribution in [0.15, 0.2) is 24.3 Å². The van der Waals surface area contributed by atoms with Crippen molar-refractivity contribution in [3.8, 4) is 0 Å². The van der Waals surface area contributed by atoms with Crippen molar-refractivity contribution in [3.05, 3.63) is 35.4 Å². The Morgan fingerprint density at radius 3 is 2.19 bits per heavy atom. The number of carbonyl (C=O) groups is 3. The predicted octanol–water partition coefficient (Wildman–Crippen LogP) is 2.71. The highest BCUT2D eigenvalue weighted by Crippen LogP contribution is 2.27. The van der Waals surface area contributed by atoms with Crippen LogP contribution in [0.2, 0.25) is 0 Å². The Morgan fingerprint density at radius 2 is 1.71 bits per heavy atom. The van der Waals surface area contributed by atoms with Gasteiger partial charge in [-0.15, -0.1) is 0 Å². The van der Waals surface area contributed by atoms with Crippen LogP contribution < -0.4 is 0 Å². The number of hydrogen-bond donors (Lipinski definition) is 1. The molecule has 1 aliphatic heterocycles. The van der Waals surface area contributed by atoms with Gasteiger partial charge in [0.15, 0.2) is 0 Å². The molecule has 0 aliphatic carbocycles. The molecule has 21 heavy (non-hydrogen) atoms. The Labute approximate surface area is 123 Å². The third-order valence-electron chi connectivity index (χ3n) is 3.74. The van der Waals surface area contributed by atoms with E-state index in [2.05, 4.69) is 0 Å². The quantitative estimate of drug-likeness (QED) is 0.618. The molecule has 0 bridgehead atoms. The number of hydrogen-bond acceptors (Lipinski definition) is 3. The summed E-state index contributed by atoms with van der Waals surface area (Å²) in [6.07, 6.45) is 3.10. The molecule has 112 valence electrons. The summed E-state index contributed by atoms with van der Waals surface area (Å²) in [6.45, 7) is 2.05. The lowest BCUT2D eigenvalue weighted by Gasteiger charge is -2.24. The first-order valence-electron chi connectivity index (χ1n) is 7.25. The van der Waals surface area contributed by atoms with Crippen molar-refractivity contribution in [2.45, 2.75) is 45.1 Å². The molecule has 1 heterocycles. The monoisotopic (exact) mass is 289 g/mol. The van der Waals surface area contributed by atoms with E-state index in [1.54, 1.807) is 24.3 Å². The van der Waals surface area contributed by atoms with Crippen molar-refractivity contribution in [2.75, 3.05) is 0 Å². The molecule has 1 aliphatic rings. The number of nitrogens with zero attached hydrogens (tertiary/aromatic N) is 1. The SMILES string of the molecule is CCCCC[C@H](CC(=O)O)N1C(=O)c2ccccc2C1=O. The Kier molecular flexibility index (Phi) is 4.73. The molecule has 0 spiro atoms. The molecule has 5 heteroatoms. The normalized spacial score (nSPS) is 15.2. The van der Waals surface area contributed by atoms with E-state index in [-0.39, 0.29) is 18.2 Å². The van der Waals surface area contributed by atoms with E-state index < -0.39 is 12.0 Å². The molecule has 2 rings (SSSR count). The van der Waals surface area contributed by atoms with Crippen LogP contribution in [-0.2, 0) is 4.79 Å². The molecular formula is C16H19NO4. The number of imide groups is 1. The van der Waals surface area contributed by atoms with Gasteiger partial charge in [-0.05, 0) is 18.6 Å². The summed E-state index contributed by atoms with van der Waals surface area (Å²) in [5, 5.41) is 9.04. The largest absolute Gasteiger partial charge is 0.481 e. The van der Waals surface area contributed by atoms with Crippen LogP contribution in [0.3, 0.4) is 0 Å². The maximum absolute atomic E-state index is 12.4. The summed E-state index contributed by atoms with van der Waals surface area (Å²) >= 11 is 0. The second-order valence-corrected chi connectivity index (χ2v) is 5.27. The lowest BCUT2D eigenvalue weighted by molar-refractivity contribution is -0.138. The van der Waals surface area contributed by atoms with Crippen LogP contribution in [-0.4, -0.2) is 33.8 Å². The smallest absolute Gasteiger partial charge is 0.305 e. The Bertz CT molecular complexity index is 532. The summed E-state index contributed by atoms with van der Waals surface area (Å²) in [4.78, 5) is 36.9. The van der Waals surface area contributed by atoms with Gasteiger partial charge >= 0.3 is 5.97 Å². The lowest BCUT2D eigenvalue weighted by Crippen LogP contribution is -2.41. The zero-order valence-corrected chi connectivity index (χ0v) is 12.0. The fourth-order valence-electron chi connectivity index (χ4n) is 2.69. The van der Waals surface area contributed by atoms with Gasteiger partial charge in [-0.25, -0.2) is 0 Å². The molecule has 0 saturated heterocycles. The van der Waals surface area contributed by atoms with Crippen LogP contribution >= 0.6 is 0 Å². The fraction of sp³-hybridized carbons (Fsp3) is 0.438. The van der Waals surface area contributed by atoms with E-state index in [0.29, 0.717) is 17.5 Å². The van der Waals surface area contributed by atoms with E-state index in [0.717, 1.165) is 24.2 Å². The molecule has 0 unspecified atom stereocenters. The number of rotatable bonds is 7. The molecule has 0 fully saturated rings. The molecule has 1 aromatic carbocycles. The van der Waals surface area contributed by atoms with Gasteiger partial charge in [0, 0.05) is 0 Å². The molecule has 1 atom stereocenters. The van der Waals surface area contributed by atoms with Crippen molar-refractivity contribution in [3.63, 3.8) is 0 Å². The average molecular weight is 289 g/mol. The zero-order valence-electron chi connectivity index (χ0n) is 12.0. The van der Waals surface area contributed by atoms with E-state index in [9.17, 15) is 14.4 Å². The highest BCUT2D eigenvalue weighted by molar-refractivity contribution is 6.21. The molecule has 1 N–H and O–H groups in total. The Morgan fingerprint density at radius 1 is 1.14 bits per heavy atom. The summed E-state index contributed by atoms with van der Waals surface area (Å²) in [6, 6.07) is 6.06. The highest BCUT2D eigenvalue weighted by atomic mass is 16.4. The van der Waals surface area contributed by atoms with Crippen molar-refractivity contribution < 1.29 is 19.5 Å². The van der Waals surface area contributed by atoms with Gasteiger partial charge in [0.25, 0.3) is 11.8 Å². The number of fused-ring (bicyclic) bond motifs is 1. The van der Waals surface area contributed by atoms with Gasteiger partial charge in [0.2, 0.25) is 0 Å². The summed E-state index contributed by atoms with van der Waals surface area (Å²) in [5.41, 5.74) is 0.738. The summed E-state index contributed by atoms with van der Waals surface area (Å²) in [5.74, 6) is -1.75. The van der Waals surface area contributed by atoms with E-state index in [1.165, 1.54) is 0 Å². The van der Waals surface area contributed by atoms with Gasteiger partial charge in [-0.1, -0.05) is 38.3 Å². The van der Waals surface area contributed by atoms with Crippen LogP contribution in [0.4, 0.5) is 0 Å². The summed E-state index contributed by atoms with van der Waals surface area (Å²) in [7, 11) is 0. The number of amides is 2. The zero-order chi connectivity index (χ0) is 15.4. The van der Waals surface area contributed by atoms with Crippen molar-refractivity contribution in [1.29, 1.82) is 0 Å². The second kappa shape index (κ2) is 6.52. The van der Waals surface area contributed by atoms with Crippen LogP contribution in [0.1, 0.15) is 59.7 Å². The topological polar surface area (TPSA) is 74.7 Å². The second-order valence-electron chi connectivity index (χ2n) is 5.27. The minimum absolute atomic E-state index is 0.199. The first kappa shape index (κ1) is 15.2. The number of carbonyl (C=O) groups excluding carboxylic acids is 2. The van der Waals surface area contributed by atoms with Gasteiger partial charge in [-0.2, -0.15) is 0 Å². The van der Waals surface area contributed by atoms with Gasteiger partial charge < -0.3 is 5.11 Å². The number of carboxylic acid groups (broad SMARTS) is 1. The van der Waals surface area contributed by atoms with E-state index >= 15 is 0 Å². The minimum Gasteiger partial charge on any atom is -0.481 e. The van der Waals surface area contributed by atoms with Gasteiger partial charge in [0.05, 0.1) is 23.6 Å². The van der Waals surface area contributed by atoms with E-state index in [4.69, 9.17) is 5.11 Å². The van der Waals surface area contributed by atoms with Gasteiger partial charge in [0.1, 0.15) is 0 Å². The van der Waals surface area contributed by atoms with Crippen LogP contribution in [0.5, 0.6) is 0 Å². The number of benzene rings is 1. The number of unbranched alkanes of at least 4 members (excludes halogenated alkanes) is 2. The lowest BCUT2D eigenvalue weighted by atomic mass is 10.0.